The van der Waals surface area contributed by atoms with E-state index in [1.54, 1.807) is 0 Å². The Morgan fingerprint density at radius 3 is 2.80 bits per heavy atom. The minimum absolute atomic E-state index is 0.0153. The molecular weight excluding hydrogens is 202 g/mol. The van der Waals surface area contributed by atoms with Gasteiger partial charge in [-0.2, -0.15) is 5.10 Å². The lowest BCUT2D eigenvalue weighted by atomic mass is 10.2. The van der Waals surface area contributed by atoms with Crippen molar-refractivity contribution in [2.45, 2.75) is 0 Å². The Bertz CT molecular complexity index is 385. The summed E-state index contributed by atoms with van der Waals surface area (Å²) in [4.78, 5) is 22.1. The molecule has 1 heterocycles. The molecule has 0 radical (unpaired) electrons. The van der Waals surface area contributed by atoms with Crippen molar-refractivity contribution in [1.29, 1.82) is 0 Å². The number of carboxylic acid groups (broad SMARTS) is 1. The summed E-state index contributed by atoms with van der Waals surface area (Å²) in [6.45, 7) is -0.124. The van der Waals surface area contributed by atoms with Crippen molar-refractivity contribution in [1.82, 2.24) is 15.1 Å². The number of aromatic nitrogens is 2. The van der Waals surface area contributed by atoms with Crippen LogP contribution in [-0.4, -0.2) is 45.0 Å². The lowest BCUT2D eigenvalue weighted by Gasteiger charge is -2.00. The molecule has 0 saturated heterocycles. The second kappa shape index (κ2) is 4.56. The van der Waals surface area contributed by atoms with Gasteiger partial charge in [-0.05, 0) is 0 Å². The van der Waals surface area contributed by atoms with Crippen molar-refractivity contribution >= 4 is 11.9 Å². The van der Waals surface area contributed by atoms with E-state index in [9.17, 15) is 9.59 Å². The Morgan fingerprint density at radius 2 is 2.27 bits per heavy atom. The second-order valence-corrected chi connectivity index (χ2v) is 2.85. The molecule has 0 spiro atoms. The molecule has 3 N–H and O–H groups in total. The zero-order valence-corrected chi connectivity index (χ0v) is 8.10. The van der Waals surface area contributed by atoms with Gasteiger partial charge in [0, 0.05) is 19.8 Å². The third kappa shape index (κ3) is 2.53. The maximum Gasteiger partial charge on any atom is 0.357 e. The van der Waals surface area contributed by atoms with E-state index in [2.05, 4.69) is 10.4 Å². The quantitative estimate of drug-likeness (QED) is 0.585. The lowest BCUT2D eigenvalue weighted by molar-refractivity contribution is 0.0684. The van der Waals surface area contributed by atoms with Gasteiger partial charge < -0.3 is 15.5 Å². The Labute approximate surface area is 85.3 Å². The summed E-state index contributed by atoms with van der Waals surface area (Å²) in [6, 6.07) is 0. The molecule has 0 saturated carbocycles. The van der Waals surface area contributed by atoms with Gasteiger partial charge in [-0.1, -0.05) is 0 Å². The molecule has 82 valence electrons. The molecule has 1 amide bonds. The van der Waals surface area contributed by atoms with Crippen molar-refractivity contribution in [2.24, 2.45) is 7.05 Å². The normalized spacial score (nSPS) is 10.0. The largest absolute Gasteiger partial charge is 0.476 e. The van der Waals surface area contributed by atoms with Crippen LogP contribution in [0.1, 0.15) is 20.8 Å². The number of carbonyl (C=O) groups excluding carboxylic acids is 1. The van der Waals surface area contributed by atoms with Crippen LogP contribution in [0, 0.1) is 0 Å². The molecule has 0 atom stereocenters. The number of nitrogens with one attached hydrogen (secondary N) is 1. The first-order valence-electron chi connectivity index (χ1n) is 4.22. The Balaban J connectivity index is 2.92. The predicted octanol–water partition coefficient (Wildman–Crippen LogP) is -1.16. The van der Waals surface area contributed by atoms with Gasteiger partial charge in [0.15, 0.2) is 5.69 Å². The van der Waals surface area contributed by atoms with E-state index < -0.39 is 11.9 Å². The number of carbonyl (C=O) groups is 2. The molecule has 0 aromatic carbocycles. The van der Waals surface area contributed by atoms with E-state index in [0.29, 0.717) is 0 Å². The molecule has 7 heteroatoms. The molecule has 0 fully saturated rings. The van der Waals surface area contributed by atoms with Crippen LogP contribution >= 0.6 is 0 Å². The fourth-order valence-electron chi connectivity index (χ4n) is 1.08. The summed E-state index contributed by atoms with van der Waals surface area (Å²) >= 11 is 0. The summed E-state index contributed by atoms with van der Waals surface area (Å²) in [5, 5.41) is 23.2. The van der Waals surface area contributed by atoms with Crippen LogP contribution in [0.4, 0.5) is 0 Å². The first kappa shape index (κ1) is 11.2. The highest BCUT2D eigenvalue weighted by Crippen LogP contribution is 2.05. The molecule has 1 aromatic rings. The number of hydrogen-bond acceptors (Lipinski definition) is 4. The van der Waals surface area contributed by atoms with Gasteiger partial charge >= 0.3 is 5.97 Å². The molecule has 0 aliphatic carbocycles. The first-order valence-corrected chi connectivity index (χ1v) is 4.22. The number of carboxylic acids is 1. The summed E-state index contributed by atoms with van der Waals surface area (Å²) in [6.07, 6.45) is 1.32. The number of hydrogen-bond donors (Lipinski definition) is 3. The van der Waals surface area contributed by atoms with Gasteiger partial charge in [-0.15, -0.1) is 0 Å². The topological polar surface area (TPSA) is 104 Å². The van der Waals surface area contributed by atoms with Gasteiger partial charge in [0.2, 0.25) is 0 Å². The predicted molar refractivity (Wildman–Crippen MR) is 49.6 cm³/mol. The number of nitrogens with zero attached hydrogens (tertiary/aromatic N) is 2. The third-order valence-corrected chi connectivity index (χ3v) is 1.67. The molecule has 7 nitrogen and oxygen atoms in total. The van der Waals surface area contributed by atoms with Crippen molar-refractivity contribution in [3.8, 4) is 0 Å². The monoisotopic (exact) mass is 213 g/mol. The van der Waals surface area contributed by atoms with Crippen LogP contribution in [-0.2, 0) is 7.05 Å². The van der Waals surface area contributed by atoms with Crippen molar-refractivity contribution in [3.05, 3.63) is 17.5 Å². The number of aromatic carboxylic acids is 1. The van der Waals surface area contributed by atoms with Gasteiger partial charge in [0.1, 0.15) is 0 Å². The molecule has 0 bridgehead atoms. The fourth-order valence-corrected chi connectivity index (χ4v) is 1.08. The number of amides is 1. The maximum atomic E-state index is 11.4. The highest BCUT2D eigenvalue weighted by molar-refractivity contribution is 6.03. The molecule has 1 aromatic heterocycles. The van der Waals surface area contributed by atoms with E-state index in [1.807, 2.05) is 0 Å². The number of aliphatic hydroxyl groups excluding tert-OH is 1. The van der Waals surface area contributed by atoms with Gasteiger partial charge in [-0.25, -0.2) is 4.79 Å². The number of rotatable bonds is 4. The van der Waals surface area contributed by atoms with E-state index >= 15 is 0 Å². The van der Waals surface area contributed by atoms with E-state index in [-0.39, 0.29) is 24.4 Å². The summed E-state index contributed by atoms with van der Waals surface area (Å²) in [5.74, 6) is -1.82. The zero-order valence-electron chi connectivity index (χ0n) is 8.10. The summed E-state index contributed by atoms with van der Waals surface area (Å²) in [5.41, 5.74) is -0.314. The van der Waals surface area contributed by atoms with Crippen LogP contribution in [0.5, 0.6) is 0 Å². The Kier molecular flexibility index (Phi) is 3.40. The number of aliphatic hydroxyl groups is 1. The average Bonchev–Trinajstić information content (AvgIpc) is 2.57. The van der Waals surface area contributed by atoms with Crippen molar-refractivity contribution < 1.29 is 19.8 Å². The SMILES string of the molecule is Cn1cc(C(=O)NCCO)c(C(=O)O)n1. The Hall–Kier alpha value is -1.89. The molecule has 0 aliphatic heterocycles. The average molecular weight is 213 g/mol. The first-order chi connectivity index (χ1) is 7.06. The molecule has 0 unspecified atom stereocenters. The third-order valence-electron chi connectivity index (χ3n) is 1.67. The molecule has 0 aliphatic rings. The Morgan fingerprint density at radius 1 is 1.60 bits per heavy atom. The van der Waals surface area contributed by atoms with E-state index in [1.165, 1.54) is 17.9 Å². The highest BCUT2D eigenvalue weighted by Gasteiger charge is 2.20. The smallest absolute Gasteiger partial charge is 0.357 e. The molecular formula is C8H11N3O4. The maximum absolute atomic E-state index is 11.4. The van der Waals surface area contributed by atoms with Gasteiger partial charge in [0.05, 0.1) is 12.2 Å². The fraction of sp³-hybridized carbons (Fsp3) is 0.375. The summed E-state index contributed by atoms with van der Waals surface area (Å²) in [7, 11) is 1.52. The van der Waals surface area contributed by atoms with Gasteiger partial charge in [-0.3, -0.25) is 9.48 Å². The molecule has 15 heavy (non-hydrogen) atoms. The zero-order chi connectivity index (χ0) is 11.4. The van der Waals surface area contributed by atoms with Crippen molar-refractivity contribution in [3.63, 3.8) is 0 Å². The van der Waals surface area contributed by atoms with Gasteiger partial charge in [0.25, 0.3) is 5.91 Å². The second-order valence-electron chi connectivity index (χ2n) is 2.85. The lowest BCUT2D eigenvalue weighted by Crippen LogP contribution is -2.27. The van der Waals surface area contributed by atoms with Crippen LogP contribution < -0.4 is 5.32 Å². The highest BCUT2D eigenvalue weighted by atomic mass is 16.4. The number of aryl methyl sites for hydroxylation is 1. The van der Waals surface area contributed by atoms with Crippen LogP contribution in [0.25, 0.3) is 0 Å². The summed E-state index contributed by atoms with van der Waals surface area (Å²) < 4.78 is 1.25. The molecule has 1 rings (SSSR count). The van der Waals surface area contributed by atoms with Crippen LogP contribution in [0.15, 0.2) is 6.20 Å². The standard InChI is InChI=1S/C8H11N3O4/c1-11-4-5(6(10-11)8(14)15)7(13)9-2-3-12/h4,12H,2-3H2,1H3,(H,9,13)(H,14,15). The minimum atomic E-state index is -1.26. The minimum Gasteiger partial charge on any atom is -0.476 e. The van der Waals surface area contributed by atoms with E-state index in [4.69, 9.17) is 10.2 Å². The van der Waals surface area contributed by atoms with Crippen LogP contribution in [0.2, 0.25) is 0 Å². The van der Waals surface area contributed by atoms with Crippen molar-refractivity contribution in [2.75, 3.05) is 13.2 Å². The van der Waals surface area contributed by atoms with E-state index in [0.717, 1.165) is 0 Å². The van der Waals surface area contributed by atoms with Crippen LogP contribution in [0.3, 0.4) is 0 Å².